The van der Waals surface area contributed by atoms with Gasteiger partial charge < -0.3 is 0 Å². The number of carbonyl (C=O) groups is 1. The number of nitrogens with one attached hydrogen (secondary N) is 2. The van der Waals surface area contributed by atoms with Crippen molar-refractivity contribution >= 4 is 22.8 Å². The highest BCUT2D eigenvalue weighted by atomic mass is 16.2. The predicted molar refractivity (Wildman–Crippen MR) is 90.5 cm³/mol. The van der Waals surface area contributed by atoms with Gasteiger partial charge in [0.15, 0.2) is 5.65 Å². The van der Waals surface area contributed by atoms with Gasteiger partial charge in [0.2, 0.25) is 0 Å². The molecule has 0 aliphatic heterocycles. The molecule has 3 aromatic rings. The molecule has 0 aromatic carbocycles. The molecule has 1 amide bonds. The lowest BCUT2D eigenvalue weighted by atomic mass is 10.1. The topological polar surface area (TPSA) is 84.7 Å². The molecular weight excluding hydrogens is 304 g/mol. The highest BCUT2D eigenvalue weighted by molar-refractivity contribution is 6.06. The van der Waals surface area contributed by atoms with Crippen LogP contribution in [0.25, 0.3) is 11.0 Å². The average Bonchev–Trinajstić information content (AvgIpc) is 3.40. The van der Waals surface area contributed by atoms with E-state index in [0.717, 1.165) is 35.3 Å². The lowest BCUT2D eigenvalue weighted by Gasteiger charge is -2.10. The molecule has 0 atom stereocenters. The van der Waals surface area contributed by atoms with Gasteiger partial charge >= 0.3 is 0 Å². The van der Waals surface area contributed by atoms with Crippen molar-refractivity contribution in [2.75, 3.05) is 5.43 Å². The van der Waals surface area contributed by atoms with Crippen molar-refractivity contribution in [2.45, 2.75) is 25.7 Å². The summed E-state index contributed by atoms with van der Waals surface area (Å²) >= 11 is 0. The van der Waals surface area contributed by atoms with Crippen molar-refractivity contribution in [2.24, 2.45) is 7.05 Å². The highest BCUT2D eigenvalue weighted by Crippen LogP contribution is 2.40. The first kappa shape index (κ1) is 14.6. The Labute approximate surface area is 139 Å². The van der Waals surface area contributed by atoms with Crippen LogP contribution in [0.15, 0.2) is 30.5 Å². The van der Waals surface area contributed by atoms with Crippen molar-refractivity contribution in [1.29, 1.82) is 0 Å². The molecule has 7 heteroatoms. The van der Waals surface area contributed by atoms with Crippen LogP contribution in [-0.2, 0) is 7.05 Å². The molecule has 4 rings (SSSR count). The van der Waals surface area contributed by atoms with Gasteiger partial charge in [0.1, 0.15) is 5.82 Å². The monoisotopic (exact) mass is 322 g/mol. The van der Waals surface area contributed by atoms with Crippen molar-refractivity contribution in [3.05, 3.63) is 47.4 Å². The first-order chi connectivity index (χ1) is 11.6. The zero-order valence-electron chi connectivity index (χ0n) is 13.6. The summed E-state index contributed by atoms with van der Waals surface area (Å²) in [6.07, 6.45) is 3.92. The van der Waals surface area contributed by atoms with Crippen molar-refractivity contribution < 1.29 is 4.79 Å². The molecule has 1 fully saturated rings. The molecule has 0 spiro atoms. The molecule has 3 heterocycles. The highest BCUT2D eigenvalue weighted by Gasteiger charge is 2.28. The SMILES string of the molecule is Cc1nn(C)c2nc(C3CC3)cc(C(=O)NNc3ccccn3)c12. The largest absolute Gasteiger partial charge is 0.282 e. The third kappa shape index (κ3) is 2.58. The Morgan fingerprint density at radius 2 is 2.17 bits per heavy atom. The fourth-order valence-corrected chi connectivity index (χ4v) is 2.86. The summed E-state index contributed by atoms with van der Waals surface area (Å²) in [5, 5.41) is 5.21. The third-order valence-electron chi connectivity index (χ3n) is 4.20. The second-order valence-electron chi connectivity index (χ2n) is 6.07. The number of hydrazine groups is 1. The molecule has 3 aromatic heterocycles. The van der Waals surface area contributed by atoms with E-state index in [0.29, 0.717) is 17.3 Å². The molecule has 0 bridgehead atoms. The average molecular weight is 322 g/mol. The molecule has 2 N–H and O–H groups in total. The maximum atomic E-state index is 12.7. The van der Waals surface area contributed by atoms with Crippen LogP contribution in [0.1, 0.15) is 40.5 Å². The number of hydrogen-bond acceptors (Lipinski definition) is 5. The Kier molecular flexibility index (Phi) is 3.41. The summed E-state index contributed by atoms with van der Waals surface area (Å²) < 4.78 is 1.74. The van der Waals surface area contributed by atoms with E-state index in [4.69, 9.17) is 4.98 Å². The van der Waals surface area contributed by atoms with E-state index in [1.807, 2.05) is 32.2 Å². The molecule has 1 saturated carbocycles. The predicted octanol–water partition coefficient (Wildman–Crippen LogP) is 2.31. The summed E-state index contributed by atoms with van der Waals surface area (Å²) in [6.45, 7) is 1.89. The number of aromatic nitrogens is 4. The van der Waals surface area contributed by atoms with Gasteiger partial charge in [0, 0.05) is 24.9 Å². The van der Waals surface area contributed by atoms with Gasteiger partial charge in [-0.1, -0.05) is 6.07 Å². The smallest absolute Gasteiger partial charge is 0.270 e. The summed E-state index contributed by atoms with van der Waals surface area (Å²) in [5.74, 6) is 0.826. The van der Waals surface area contributed by atoms with Gasteiger partial charge in [-0.25, -0.2) is 9.97 Å². The Hall–Kier alpha value is -2.96. The van der Waals surface area contributed by atoms with E-state index in [9.17, 15) is 4.79 Å². The van der Waals surface area contributed by atoms with E-state index < -0.39 is 0 Å². The third-order valence-corrected chi connectivity index (χ3v) is 4.20. The van der Waals surface area contributed by atoms with Crippen molar-refractivity contribution in [1.82, 2.24) is 25.2 Å². The minimum Gasteiger partial charge on any atom is -0.282 e. The number of carbonyl (C=O) groups excluding carboxylic acids is 1. The second kappa shape index (κ2) is 5.59. The van der Waals surface area contributed by atoms with E-state index in [-0.39, 0.29) is 5.91 Å². The van der Waals surface area contributed by atoms with Crippen LogP contribution < -0.4 is 10.9 Å². The summed E-state index contributed by atoms with van der Waals surface area (Å²) in [5.41, 5.74) is 8.66. The van der Waals surface area contributed by atoms with Crippen LogP contribution >= 0.6 is 0 Å². The number of anilines is 1. The second-order valence-corrected chi connectivity index (χ2v) is 6.07. The summed E-state index contributed by atoms with van der Waals surface area (Å²) in [7, 11) is 1.85. The fraction of sp³-hybridized carbons (Fsp3) is 0.294. The standard InChI is InChI=1S/C17H18N6O/c1-10-15-12(17(24)21-20-14-5-3-4-8-18-14)9-13(11-6-7-11)19-16(15)23(2)22-10/h3-5,8-9,11H,6-7H2,1-2H3,(H,18,20)(H,21,24). The maximum absolute atomic E-state index is 12.7. The molecule has 0 saturated heterocycles. The molecule has 0 radical (unpaired) electrons. The normalized spacial score (nSPS) is 13.9. The van der Waals surface area contributed by atoms with Crippen LogP contribution in [0.2, 0.25) is 0 Å². The molecular formula is C17H18N6O. The van der Waals surface area contributed by atoms with Gasteiger partial charge in [0.25, 0.3) is 5.91 Å². The first-order valence-electron chi connectivity index (χ1n) is 7.95. The van der Waals surface area contributed by atoms with Crippen LogP contribution in [0.4, 0.5) is 5.82 Å². The number of nitrogens with zero attached hydrogens (tertiary/aromatic N) is 4. The Bertz CT molecular complexity index is 914. The van der Waals surface area contributed by atoms with Gasteiger partial charge in [-0.15, -0.1) is 0 Å². The minimum absolute atomic E-state index is 0.217. The van der Waals surface area contributed by atoms with Crippen molar-refractivity contribution in [3.8, 4) is 0 Å². The van der Waals surface area contributed by atoms with Crippen LogP contribution in [0, 0.1) is 6.92 Å². The fourth-order valence-electron chi connectivity index (χ4n) is 2.86. The van der Waals surface area contributed by atoms with Gasteiger partial charge in [0.05, 0.1) is 16.6 Å². The molecule has 7 nitrogen and oxygen atoms in total. The lowest BCUT2D eigenvalue weighted by Crippen LogP contribution is -2.30. The Morgan fingerprint density at radius 3 is 2.88 bits per heavy atom. The number of aryl methyl sites for hydroxylation is 2. The zero-order valence-corrected chi connectivity index (χ0v) is 13.6. The molecule has 122 valence electrons. The zero-order chi connectivity index (χ0) is 16.7. The van der Waals surface area contributed by atoms with Gasteiger partial charge in [-0.2, -0.15) is 5.10 Å². The Morgan fingerprint density at radius 1 is 1.33 bits per heavy atom. The van der Waals surface area contributed by atoms with E-state index in [1.165, 1.54) is 0 Å². The molecule has 1 aliphatic carbocycles. The maximum Gasteiger partial charge on any atom is 0.270 e. The van der Waals surface area contributed by atoms with Gasteiger partial charge in [-0.3, -0.25) is 20.3 Å². The number of pyridine rings is 2. The van der Waals surface area contributed by atoms with Gasteiger partial charge in [-0.05, 0) is 38.0 Å². The minimum atomic E-state index is -0.217. The van der Waals surface area contributed by atoms with E-state index in [2.05, 4.69) is 20.9 Å². The number of hydrogen-bond donors (Lipinski definition) is 2. The van der Waals surface area contributed by atoms with Crippen LogP contribution in [0.5, 0.6) is 0 Å². The summed E-state index contributed by atoms with van der Waals surface area (Å²) in [6, 6.07) is 7.35. The van der Waals surface area contributed by atoms with Crippen LogP contribution in [-0.4, -0.2) is 25.7 Å². The molecule has 0 unspecified atom stereocenters. The Balaban J connectivity index is 1.70. The molecule has 24 heavy (non-hydrogen) atoms. The number of amides is 1. The van der Waals surface area contributed by atoms with Crippen LogP contribution in [0.3, 0.4) is 0 Å². The number of fused-ring (bicyclic) bond motifs is 1. The first-order valence-corrected chi connectivity index (χ1v) is 7.95. The van der Waals surface area contributed by atoms with E-state index in [1.54, 1.807) is 16.9 Å². The quantitative estimate of drug-likeness (QED) is 0.720. The van der Waals surface area contributed by atoms with E-state index >= 15 is 0 Å². The number of rotatable bonds is 4. The van der Waals surface area contributed by atoms with Crippen molar-refractivity contribution in [3.63, 3.8) is 0 Å². The molecule has 1 aliphatic rings. The lowest BCUT2D eigenvalue weighted by molar-refractivity contribution is 0.0964. The summed E-state index contributed by atoms with van der Waals surface area (Å²) in [4.78, 5) is 21.6.